The van der Waals surface area contributed by atoms with Crippen molar-refractivity contribution in [1.29, 1.82) is 0 Å². The van der Waals surface area contributed by atoms with Crippen LogP contribution in [0.2, 0.25) is 0 Å². The molecule has 0 unspecified atom stereocenters. The number of nitrogens with zero attached hydrogens (tertiary/aromatic N) is 2. The minimum Gasteiger partial charge on any atom is -0.380 e. The van der Waals surface area contributed by atoms with E-state index < -0.39 is 24.0 Å². The molecule has 0 saturated heterocycles. The van der Waals surface area contributed by atoms with Crippen molar-refractivity contribution in [2.45, 2.75) is 38.1 Å². The summed E-state index contributed by atoms with van der Waals surface area (Å²) in [4.78, 5) is 30.9. The summed E-state index contributed by atoms with van der Waals surface area (Å²) < 4.78 is 0. The summed E-state index contributed by atoms with van der Waals surface area (Å²) in [5, 5.41) is 25.7. The molecule has 2 heterocycles. The number of thiazole rings is 1. The molecule has 8 heteroatoms. The SMILES string of the molecule is O=C(NCc1nc(Cc2ccccc2)cs1)[C@H](O)[C@@H](O)C(=O)N1CCc2ccccc2C1. The lowest BCUT2D eigenvalue weighted by Crippen LogP contribution is -2.51. The van der Waals surface area contributed by atoms with Crippen molar-refractivity contribution in [1.82, 2.24) is 15.2 Å². The van der Waals surface area contributed by atoms with Crippen LogP contribution < -0.4 is 5.32 Å². The minimum absolute atomic E-state index is 0.118. The summed E-state index contributed by atoms with van der Waals surface area (Å²) in [5.41, 5.74) is 4.21. The third kappa shape index (κ3) is 5.21. The first-order valence-corrected chi connectivity index (χ1v) is 11.4. The van der Waals surface area contributed by atoms with Crippen LogP contribution in [-0.4, -0.2) is 50.7 Å². The number of carbonyl (C=O) groups is 2. The van der Waals surface area contributed by atoms with E-state index in [9.17, 15) is 19.8 Å². The third-order valence-corrected chi connectivity index (χ3v) is 6.40. The molecule has 3 N–H and O–H groups in total. The number of hydrogen-bond acceptors (Lipinski definition) is 6. The average molecular weight is 452 g/mol. The zero-order chi connectivity index (χ0) is 22.5. The highest BCUT2D eigenvalue weighted by Crippen LogP contribution is 2.19. The first kappa shape index (κ1) is 22.1. The van der Waals surface area contributed by atoms with Crippen LogP contribution >= 0.6 is 11.3 Å². The highest BCUT2D eigenvalue weighted by atomic mass is 32.1. The van der Waals surface area contributed by atoms with Crippen LogP contribution in [0.15, 0.2) is 60.0 Å². The maximum absolute atomic E-state index is 12.6. The molecule has 2 aromatic carbocycles. The van der Waals surface area contributed by atoms with Crippen molar-refractivity contribution in [3.63, 3.8) is 0 Å². The number of aliphatic hydroxyl groups excluding tert-OH is 2. The summed E-state index contributed by atoms with van der Waals surface area (Å²) in [5.74, 6) is -1.45. The van der Waals surface area contributed by atoms with Crippen LogP contribution in [0.1, 0.15) is 27.4 Å². The highest BCUT2D eigenvalue weighted by molar-refractivity contribution is 7.09. The van der Waals surface area contributed by atoms with Gasteiger partial charge in [0.2, 0.25) is 0 Å². The molecule has 166 valence electrons. The predicted molar refractivity (Wildman–Crippen MR) is 121 cm³/mol. The Morgan fingerprint density at radius 2 is 1.75 bits per heavy atom. The molecule has 4 rings (SSSR count). The van der Waals surface area contributed by atoms with E-state index >= 15 is 0 Å². The molecule has 0 radical (unpaired) electrons. The second-order valence-corrected chi connectivity index (χ2v) is 8.72. The Kier molecular flexibility index (Phi) is 6.94. The van der Waals surface area contributed by atoms with Gasteiger partial charge in [-0.2, -0.15) is 0 Å². The Morgan fingerprint density at radius 3 is 2.53 bits per heavy atom. The molecule has 32 heavy (non-hydrogen) atoms. The zero-order valence-electron chi connectivity index (χ0n) is 17.5. The van der Waals surface area contributed by atoms with Gasteiger partial charge in [-0.3, -0.25) is 9.59 Å². The molecule has 0 bridgehead atoms. The van der Waals surface area contributed by atoms with Crippen LogP contribution in [0.4, 0.5) is 0 Å². The molecule has 0 aliphatic carbocycles. The Hall–Kier alpha value is -3.07. The van der Waals surface area contributed by atoms with Gasteiger partial charge in [0, 0.05) is 24.9 Å². The van der Waals surface area contributed by atoms with Crippen LogP contribution in [0, 0.1) is 0 Å². The van der Waals surface area contributed by atoms with Gasteiger partial charge in [-0.15, -0.1) is 11.3 Å². The maximum atomic E-state index is 12.6. The van der Waals surface area contributed by atoms with Gasteiger partial charge < -0.3 is 20.4 Å². The van der Waals surface area contributed by atoms with Gasteiger partial charge in [-0.25, -0.2) is 4.98 Å². The van der Waals surface area contributed by atoms with Gasteiger partial charge in [0.05, 0.1) is 12.2 Å². The molecule has 2 amide bonds. The summed E-state index contributed by atoms with van der Waals surface area (Å²) in [6, 6.07) is 17.7. The van der Waals surface area contributed by atoms with Gasteiger partial charge in [0.25, 0.3) is 11.8 Å². The van der Waals surface area contributed by atoms with E-state index in [0.29, 0.717) is 30.9 Å². The van der Waals surface area contributed by atoms with Crippen molar-refractivity contribution >= 4 is 23.2 Å². The third-order valence-electron chi connectivity index (χ3n) is 5.50. The number of hydrogen-bond donors (Lipinski definition) is 3. The van der Waals surface area contributed by atoms with E-state index in [4.69, 9.17) is 0 Å². The lowest BCUT2D eigenvalue weighted by atomic mass is 9.99. The van der Waals surface area contributed by atoms with Crippen molar-refractivity contribution in [3.8, 4) is 0 Å². The molecular formula is C24H25N3O4S. The minimum atomic E-state index is -1.84. The lowest BCUT2D eigenvalue weighted by Gasteiger charge is -2.31. The monoisotopic (exact) mass is 451 g/mol. The smallest absolute Gasteiger partial charge is 0.255 e. The van der Waals surface area contributed by atoms with Gasteiger partial charge in [-0.05, 0) is 23.1 Å². The Morgan fingerprint density at radius 1 is 1.03 bits per heavy atom. The first-order chi connectivity index (χ1) is 15.5. The number of rotatable bonds is 7. The van der Waals surface area contributed by atoms with Gasteiger partial charge in [-0.1, -0.05) is 54.6 Å². The van der Waals surface area contributed by atoms with E-state index in [1.807, 2.05) is 60.0 Å². The topological polar surface area (TPSA) is 103 Å². The second-order valence-electron chi connectivity index (χ2n) is 7.78. The average Bonchev–Trinajstić information content (AvgIpc) is 3.28. The first-order valence-electron chi connectivity index (χ1n) is 10.5. The van der Waals surface area contributed by atoms with E-state index in [2.05, 4.69) is 10.3 Å². The number of aliphatic hydroxyl groups is 2. The van der Waals surface area contributed by atoms with E-state index in [1.54, 1.807) is 0 Å². The second kappa shape index (κ2) is 10.0. The van der Waals surface area contributed by atoms with Crippen molar-refractivity contribution in [2.24, 2.45) is 0 Å². The van der Waals surface area contributed by atoms with E-state index in [1.165, 1.54) is 21.8 Å². The molecule has 0 fully saturated rings. The molecule has 1 aliphatic heterocycles. The highest BCUT2D eigenvalue weighted by Gasteiger charge is 2.34. The normalized spacial score (nSPS) is 15.0. The quantitative estimate of drug-likeness (QED) is 0.507. The number of amides is 2. The fraction of sp³-hybridized carbons (Fsp3) is 0.292. The van der Waals surface area contributed by atoms with Gasteiger partial charge in [0.15, 0.2) is 12.2 Å². The number of benzene rings is 2. The van der Waals surface area contributed by atoms with Crippen LogP contribution in [-0.2, 0) is 35.5 Å². The molecule has 2 atom stereocenters. The fourth-order valence-electron chi connectivity index (χ4n) is 3.73. The predicted octanol–water partition coefficient (Wildman–Crippen LogP) is 1.66. The lowest BCUT2D eigenvalue weighted by molar-refractivity contribution is -0.153. The Labute approximate surface area is 190 Å². The van der Waals surface area contributed by atoms with Crippen LogP contribution in [0.3, 0.4) is 0 Å². The number of carbonyl (C=O) groups excluding carboxylic acids is 2. The fourth-order valence-corrected chi connectivity index (χ4v) is 4.47. The van der Waals surface area contributed by atoms with Crippen molar-refractivity contribution in [3.05, 3.63) is 87.4 Å². The van der Waals surface area contributed by atoms with E-state index in [-0.39, 0.29) is 6.54 Å². The molecule has 0 spiro atoms. The summed E-state index contributed by atoms with van der Waals surface area (Å²) in [7, 11) is 0. The van der Waals surface area contributed by atoms with Crippen LogP contribution in [0.25, 0.3) is 0 Å². The molecule has 3 aromatic rings. The van der Waals surface area contributed by atoms with E-state index in [0.717, 1.165) is 16.8 Å². The molecule has 1 aliphatic rings. The Bertz CT molecular complexity index is 1090. The summed E-state index contributed by atoms with van der Waals surface area (Å²) >= 11 is 1.41. The zero-order valence-corrected chi connectivity index (χ0v) is 18.3. The largest absolute Gasteiger partial charge is 0.380 e. The van der Waals surface area contributed by atoms with Crippen LogP contribution in [0.5, 0.6) is 0 Å². The number of nitrogens with one attached hydrogen (secondary N) is 1. The molecule has 1 aromatic heterocycles. The summed E-state index contributed by atoms with van der Waals surface area (Å²) in [6.45, 7) is 0.904. The van der Waals surface area contributed by atoms with Gasteiger partial charge >= 0.3 is 0 Å². The molecule has 7 nitrogen and oxygen atoms in total. The maximum Gasteiger partial charge on any atom is 0.255 e. The van der Waals surface area contributed by atoms with Crippen molar-refractivity contribution in [2.75, 3.05) is 6.54 Å². The number of fused-ring (bicyclic) bond motifs is 1. The standard InChI is InChI=1S/C24H25N3O4S/c28-21(22(29)24(31)27-11-10-17-8-4-5-9-18(17)14-27)23(30)25-13-20-26-19(15-32-20)12-16-6-2-1-3-7-16/h1-9,15,21-22,28-29H,10-14H2,(H,25,30)/t21-,22-/m1/s1. The van der Waals surface area contributed by atoms with Gasteiger partial charge in [0.1, 0.15) is 5.01 Å². The Balaban J connectivity index is 1.28. The molecular weight excluding hydrogens is 426 g/mol. The molecule has 0 saturated carbocycles. The summed E-state index contributed by atoms with van der Waals surface area (Å²) in [6.07, 6.45) is -2.29. The number of aromatic nitrogens is 1. The van der Waals surface area contributed by atoms with Crippen molar-refractivity contribution < 1.29 is 19.8 Å².